The molecule has 0 aromatic heterocycles. The predicted molar refractivity (Wildman–Crippen MR) is 97.7 cm³/mol. The highest BCUT2D eigenvalue weighted by atomic mass is 19.1. The molecule has 0 bridgehead atoms. The Balaban J connectivity index is 2.20. The first kappa shape index (κ1) is 19.5. The van der Waals surface area contributed by atoms with E-state index in [0.29, 0.717) is 18.5 Å². The highest BCUT2D eigenvalue weighted by Crippen LogP contribution is 2.34. The standard InChI is InChI=1S/C21H23FN2O2/c1-20(2,3)26-19(25)24-10-9-17(21(24,4)5)8-6-7-15-11-16(14-23)13-18(22)12-15/h8,11-13H,9-10H2,1-5H3/b17-8+. The molecule has 1 aliphatic rings. The van der Waals surface area contributed by atoms with Gasteiger partial charge in [-0.3, -0.25) is 4.90 Å². The molecule has 136 valence electrons. The fourth-order valence-electron chi connectivity index (χ4n) is 2.81. The van der Waals surface area contributed by atoms with E-state index < -0.39 is 17.0 Å². The zero-order chi connectivity index (χ0) is 19.5. The van der Waals surface area contributed by atoms with Crippen molar-refractivity contribution in [1.82, 2.24) is 4.90 Å². The maximum absolute atomic E-state index is 13.4. The normalized spacial score (nSPS) is 17.4. The maximum Gasteiger partial charge on any atom is 0.410 e. The zero-order valence-corrected chi connectivity index (χ0v) is 15.8. The summed E-state index contributed by atoms with van der Waals surface area (Å²) in [5.74, 6) is 5.29. The molecule has 0 unspecified atom stereocenters. The molecule has 1 aromatic rings. The van der Waals surface area contributed by atoms with Crippen molar-refractivity contribution < 1.29 is 13.9 Å². The summed E-state index contributed by atoms with van der Waals surface area (Å²) in [5, 5.41) is 8.89. The molecule has 0 N–H and O–H groups in total. The van der Waals surface area contributed by atoms with Gasteiger partial charge < -0.3 is 4.74 Å². The summed E-state index contributed by atoms with van der Waals surface area (Å²) in [5.41, 5.74) is 0.636. The van der Waals surface area contributed by atoms with Crippen molar-refractivity contribution in [3.8, 4) is 17.9 Å². The molecule has 0 radical (unpaired) electrons. The third kappa shape index (κ3) is 4.64. The number of benzene rings is 1. The van der Waals surface area contributed by atoms with Crippen LogP contribution < -0.4 is 0 Å². The average molecular weight is 354 g/mol. The van der Waals surface area contributed by atoms with Gasteiger partial charge in [0.05, 0.1) is 17.2 Å². The van der Waals surface area contributed by atoms with Crippen LogP contribution in [0.1, 0.15) is 52.2 Å². The minimum absolute atomic E-state index is 0.235. The number of nitrogens with zero attached hydrogens (tertiary/aromatic N) is 2. The topological polar surface area (TPSA) is 53.3 Å². The van der Waals surface area contributed by atoms with Gasteiger partial charge in [0.1, 0.15) is 11.4 Å². The molecule has 1 aliphatic heterocycles. The van der Waals surface area contributed by atoms with Gasteiger partial charge in [-0.05, 0) is 70.9 Å². The Morgan fingerprint density at radius 2 is 1.96 bits per heavy atom. The van der Waals surface area contributed by atoms with Gasteiger partial charge in [0.15, 0.2) is 0 Å². The van der Waals surface area contributed by atoms with Crippen molar-refractivity contribution in [3.63, 3.8) is 0 Å². The number of allylic oxidation sites excluding steroid dienone is 1. The lowest BCUT2D eigenvalue weighted by molar-refractivity contribution is 0.0160. The number of halogens is 1. The Hall–Kier alpha value is -2.79. The summed E-state index contributed by atoms with van der Waals surface area (Å²) in [4.78, 5) is 14.1. The van der Waals surface area contributed by atoms with E-state index in [0.717, 1.165) is 5.57 Å². The molecule has 0 aliphatic carbocycles. The number of nitriles is 1. The summed E-state index contributed by atoms with van der Waals surface area (Å²) in [6.07, 6.45) is 2.12. The molecular formula is C21H23FN2O2. The lowest BCUT2D eigenvalue weighted by Gasteiger charge is -2.34. The highest BCUT2D eigenvalue weighted by molar-refractivity contribution is 5.71. The molecule has 1 aromatic carbocycles. The molecule has 0 spiro atoms. The average Bonchev–Trinajstić information content (AvgIpc) is 2.80. The van der Waals surface area contributed by atoms with Crippen LogP contribution in [0.5, 0.6) is 0 Å². The second-order valence-electron chi connectivity index (χ2n) is 7.72. The second kappa shape index (κ2) is 7.22. The minimum Gasteiger partial charge on any atom is -0.444 e. The van der Waals surface area contributed by atoms with Gasteiger partial charge in [0, 0.05) is 12.1 Å². The fraction of sp³-hybridized carbons (Fsp3) is 0.429. The van der Waals surface area contributed by atoms with Crippen molar-refractivity contribution in [3.05, 3.63) is 46.8 Å². The number of hydrogen-bond acceptors (Lipinski definition) is 3. The molecule has 2 rings (SSSR count). The molecule has 1 amide bonds. The van der Waals surface area contributed by atoms with Gasteiger partial charge in [-0.25, -0.2) is 9.18 Å². The largest absolute Gasteiger partial charge is 0.444 e. The first-order valence-electron chi connectivity index (χ1n) is 8.45. The number of carbonyl (C=O) groups excluding carboxylic acids is 1. The SMILES string of the molecule is CC(C)(C)OC(=O)N1CC/C(=C\C#Cc2cc(F)cc(C#N)c2)C1(C)C. The molecule has 1 saturated heterocycles. The van der Waals surface area contributed by atoms with Crippen LogP contribution in [0.3, 0.4) is 0 Å². The van der Waals surface area contributed by atoms with Crippen LogP contribution >= 0.6 is 0 Å². The van der Waals surface area contributed by atoms with Crippen LogP contribution in [0.25, 0.3) is 0 Å². The van der Waals surface area contributed by atoms with Crippen molar-refractivity contribution in [1.29, 1.82) is 5.26 Å². The maximum atomic E-state index is 13.4. The first-order valence-corrected chi connectivity index (χ1v) is 8.45. The number of likely N-dealkylation sites (tertiary alicyclic amines) is 1. The number of carbonyl (C=O) groups is 1. The van der Waals surface area contributed by atoms with Crippen molar-refractivity contribution in [2.75, 3.05) is 6.54 Å². The van der Waals surface area contributed by atoms with E-state index in [4.69, 9.17) is 10.00 Å². The zero-order valence-electron chi connectivity index (χ0n) is 15.8. The summed E-state index contributed by atoms with van der Waals surface area (Å²) in [6, 6.07) is 5.91. The Morgan fingerprint density at radius 3 is 2.58 bits per heavy atom. The number of hydrogen-bond donors (Lipinski definition) is 0. The molecule has 4 nitrogen and oxygen atoms in total. The molecule has 5 heteroatoms. The molecular weight excluding hydrogens is 331 g/mol. The van der Waals surface area contributed by atoms with E-state index in [1.54, 1.807) is 17.0 Å². The van der Waals surface area contributed by atoms with Crippen LogP contribution in [0.4, 0.5) is 9.18 Å². The Kier molecular flexibility index (Phi) is 5.42. The van der Waals surface area contributed by atoms with E-state index in [1.807, 2.05) is 40.7 Å². The Bertz CT molecular complexity index is 845. The van der Waals surface area contributed by atoms with Crippen molar-refractivity contribution in [2.45, 2.75) is 52.2 Å². The fourth-order valence-corrected chi connectivity index (χ4v) is 2.81. The smallest absolute Gasteiger partial charge is 0.410 e. The summed E-state index contributed by atoms with van der Waals surface area (Å²) < 4.78 is 18.9. The van der Waals surface area contributed by atoms with Crippen LogP contribution in [-0.2, 0) is 4.74 Å². The van der Waals surface area contributed by atoms with Gasteiger partial charge >= 0.3 is 6.09 Å². The van der Waals surface area contributed by atoms with E-state index in [-0.39, 0.29) is 11.7 Å². The quantitative estimate of drug-likeness (QED) is 0.649. The van der Waals surface area contributed by atoms with Gasteiger partial charge in [-0.2, -0.15) is 5.26 Å². The predicted octanol–water partition coefficient (Wildman–Crippen LogP) is 4.39. The third-order valence-corrected chi connectivity index (χ3v) is 4.17. The van der Waals surface area contributed by atoms with Crippen molar-refractivity contribution >= 4 is 6.09 Å². The molecule has 1 fully saturated rings. The number of amides is 1. The summed E-state index contributed by atoms with van der Waals surface area (Å²) in [6.45, 7) is 9.98. The van der Waals surface area contributed by atoms with Gasteiger partial charge in [-0.1, -0.05) is 11.8 Å². The molecule has 26 heavy (non-hydrogen) atoms. The Labute approximate surface area is 154 Å². The molecule has 0 saturated carbocycles. The van der Waals surface area contributed by atoms with E-state index in [9.17, 15) is 9.18 Å². The van der Waals surface area contributed by atoms with Gasteiger partial charge in [0.25, 0.3) is 0 Å². The van der Waals surface area contributed by atoms with Crippen LogP contribution in [0, 0.1) is 29.0 Å². The van der Waals surface area contributed by atoms with Crippen molar-refractivity contribution in [2.24, 2.45) is 0 Å². The minimum atomic E-state index is -0.546. The monoisotopic (exact) mass is 354 g/mol. The third-order valence-electron chi connectivity index (χ3n) is 4.17. The second-order valence-corrected chi connectivity index (χ2v) is 7.72. The van der Waals surface area contributed by atoms with Crippen LogP contribution in [0.15, 0.2) is 29.8 Å². The number of rotatable bonds is 0. The molecule has 1 heterocycles. The lowest BCUT2D eigenvalue weighted by Crippen LogP contribution is -2.46. The molecule has 0 atom stereocenters. The van der Waals surface area contributed by atoms with Crippen LogP contribution in [-0.4, -0.2) is 28.7 Å². The van der Waals surface area contributed by atoms with Gasteiger partial charge in [-0.15, -0.1) is 0 Å². The van der Waals surface area contributed by atoms with Crippen LogP contribution in [0.2, 0.25) is 0 Å². The summed E-state index contributed by atoms with van der Waals surface area (Å²) >= 11 is 0. The van der Waals surface area contributed by atoms with E-state index in [2.05, 4.69) is 11.8 Å². The number of ether oxygens (including phenoxy) is 1. The highest BCUT2D eigenvalue weighted by Gasteiger charge is 2.41. The first-order chi connectivity index (χ1) is 12.0. The van der Waals surface area contributed by atoms with E-state index in [1.165, 1.54) is 12.1 Å². The Morgan fingerprint density at radius 1 is 1.31 bits per heavy atom. The lowest BCUT2D eigenvalue weighted by atomic mass is 9.95. The van der Waals surface area contributed by atoms with Gasteiger partial charge in [0.2, 0.25) is 0 Å². The summed E-state index contributed by atoms with van der Waals surface area (Å²) in [7, 11) is 0. The van der Waals surface area contributed by atoms with E-state index >= 15 is 0 Å².